The zero-order valence-electron chi connectivity index (χ0n) is 10.5. The van der Waals surface area contributed by atoms with E-state index in [4.69, 9.17) is 4.42 Å². The first kappa shape index (κ1) is 11.4. The number of nitrogens with zero attached hydrogens (tertiary/aromatic N) is 2. The van der Waals surface area contributed by atoms with Crippen molar-refractivity contribution in [2.75, 3.05) is 0 Å². The summed E-state index contributed by atoms with van der Waals surface area (Å²) in [6, 6.07) is 8.01. The standard InChI is InChI=1S/C14H17N3O/c1-10-7-13(10)14-5-4-12(18-14)9-15-8-11-3-2-6-16-17-11/h2-6,10,13,15H,7-9H2,1H3. The molecule has 2 aromatic heterocycles. The Balaban J connectivity index is 1.50. The van der Waals surface area contributed by atoms with Crippen molar-refractivity contribution in [1.82, 2.24) is 15.5 Å². The molecule has 2 aromatic rings. The normalized spacial score (nSPS) is 22.1. The van der Waals surface area contributed by atoms with Crippen molar-refractivity contribution >= 4 is 0 Å². The minimum Gasteiger partial charge on any atom is -0.464 e. The van der Waals surface area contributed by atoms with Crippen molar-refractivity contribution in [3.63, 3.8) is 0 Å². The topological polar surface area (TPSA) is 51.0 Å². The smallest absolute Gasteiger partial charge is 0.117 e. The van der Waals surface area contributed by atoms with Gasteiger partial charge in [-0.25, -0.2) is 0 Å². The molecule has 1 N–H and O–H groups in total. The quantitative estimate of drug-likeness (QED) is 0.876. The molecule has 1 aliphatic rings. The molecule has 0 saturated heterocycles. The van der Waals surface area contributed by atoms with Crippen molar-refractivity contribution in [3.05, 3.63) is 47.7 Å². The molecule has 94 valence electrons. The van der Waals surface area contributed by atoms with Crippen LogP contribution in [0.25, 0.3) is 0 Å². The van der Waals surface area contributed by atoms with Gasteiger partial charge in [-0.15, -0.1) is 0 Å². The molecule has 0 aliphatic heterocycles. The fourth-order valence-electron chi connectivity index (χ4n) is 2.15. The van der Waals surface area contributed by atoms with E-state index in [-0.39, 0.29) is 0 Å². The van der Waals surface area contributed by atoms with Gasteiger partial charge in [0.25, 0.3) is 0 Å². The fourth-order valence-corrected chi connectivity index (χ4v) is 2.15. The molecule has 0 amide bonds. The average Bonchev–Trinajstić information content (AvgIpc) is 2.94. The maximum Gasteiger partial charge on any atom is 0.117 e. The highest BCUT2D eigenvalue weighted by Crippen LogP contribution is 2.47. The van der Waals surface area contributed by atoms with Gasteiger partial charge in [0.15, 0.2) is 0 Å². The average molecular weight is 243 g/mol. The van der Waals surface area contributed by atoms with Gasteiger partial charge in [-0.1, -0.05) is 6.92 Å². The highest BCUT2D eigenvalue weighted by Gasteiger charge is 2.36. The molecule has 3 rings (SSSR count). The first-order valence-corrected chi connectivity index (χ1v) is 6.39. The van der Waals surface area contributed by atoms with Crippen LogP contribution >= 0.6 is 0 Å². The van der Waals surface area contributed by atoms with E-state index in [1.165, 1.54) is 6.42 Å². The number of furan rings is 1. The molecule has 1 fully saturated rings. The molecule has 18 heavy (non-hydrogen) atoms. The van der Waals surface area contributed by atoms with Crippen LogP contribution in [-0.4, -0.2) is 10.2 Å². The minimum atomic E-state index is 0.652. The second-order valence-corrected chi connectivity index (χ2v) is 4.94. The third-order valence-corrected chi connectivity index (χ3v) is 3.39. The second-order valence-electron chi connectivity index (χ2n) is 4.94. The molecular weight excluding hydrogens is 226 g/mol. The van der Waals surface area contributed by atoms with Gasteiger partial charge in [-0.05, 0) is 36.6 Å². The van der Waals surface area contributed by atoms with E-state index in [9.17, 15) is 0 Å². The Labute approximate surface area is 106 Å². The van der Waals surface area contributed by atoms with Gasteiger partial charge in [0.1, 0.15) is 11.5 Å². The van der Waals surface area contributed by atoms with Gasteiger partial charge in [-0.3, -0.25) is 0 Å². The predicted molar refractivity (Wildman–Crippen MR) is 67.8 cm³/mol. The van der Waals surface area contributed by atoms with E-state index >= 15 is 0 Å². The van der Waals surface area contributed by atoms with Crippen LogP contribution in [0.1, 0.15) is 36.5 Å². The van der Waals surface area contributed by atoms with E-state index in [2.05, 4.69) is 34.6 Å². The van der Waals surface area contributed by atoms with Gasteiger partial charge in [0, 0.05) is 18.7 Å². The molecule has 0 radical (unpaired) electrons. The van der Waals surface area contributed by atoms with Crippen LogP contribution in [0.3, 0.4) is 0 Å². The van der Waals surface area contributed by atoms with Crippen LogP contribution in [0, 0.1) is 5.92 Å². The first-order valence-electron chi connectivity index (χ1n) is 6.39. The highest BCUT2D eigenvalue weighted by atomic mass is 16.3. The summed E-state index contributed by atoms with van der Waals surface area (Å²) >= 11 is 0. The summed E-state index contributed by atoms with van der Waals surface area (Å²) < 4.78 is 5.82. The number of hydrogen-bond donors (Lipinski definition) is 1. The van der Waals surface area contributed by atoms with Crippen molar-refractivity contribution in [2.45, 2.75) is 32.4 Å². The largest absolute Gasteiger partial charge is 0.464 e. The number of nitrogens with one attached hydrogen (secondary N) is 1. The van der Waals surface area contributed by atoms with Crippen LogP contribution in [-0.2, 0) is 13.1 Å². The monoisotopic (exact) mass is 243 g/mol. The van der Waals surface area contributed by atoms with Gasteiger partial charge in [-0.2, -0.15) is 10.2 Å². The zero-order chi connectivity index (χ0) is 12.4. The van der Waals surface area contributed by atoms with Gasteiger partial charge in [0.2, 0.25) is 0 Å². The van der Waals surface area contributed by atoms with Gasteiger partial charge < -0.3 is 9.73 Å². The Morgan fingerprint density at radius 1 is 1.33 bits per heavy atom. The van der Waals surface area contributed by atoms with Crippen molar-refractivity contribution in [1.29, 1.82) is 0 Å². The SMILES string of the molecule is CC1CC1c1ccc(CNCc2cccnn2)o1. The van der Waals surface area contributed by atoms with Crippen molar-refractivity contribution in [3.8, 4) is 0 Å². The maximum atomic E-state index is 5.82. The lowest BCUT2D eigenvalue weighted by Crippen LogP contribution is -2.13. The number of aromatic nitrogens is 2. The molecule has 2 atom stereocenters. The van der Waals surface area contributed by atoms with Gasteiger partial charge in [0.05, 0.1) is 12.2 Å². The molecule has 4 nitrogen and oxygen atoms in total. The molecule has 1 aliphatic carbocycles. The predicted octanol–water partition coefficient (Wildman–Crippen LogP) is 2.48. The van der Waals surface area contributed by atoms with Crippen LogP contribution in [0.2, 0.25) is 0 Å². The Kier molecular flexibility index (Phi) is 3.11. The van der Waals surface area contributed by atoms with Crippen LogP contribution in [0.15, 0.2) is 34.9 Å². The molecule has 2 heterocycles. The van der Waals surface area contributed by atoms with Gasteiger partial charge >= 0.3 is 0 Å². The van der Waals surface area contributed by atoms with E-state index in [0.717, 1.165) is 29.7 Å². The lowest BCUT2D eigenvalue weighted by Gasteiger charge is -2.01. The Hall–Kier alpha value is -1.68. The van der Waals surface area contributed by atoms with Crippen molar-refractivity contribution in [2.24, 2.45) is 5.92 Å². The fraction of sp³-hybridized carbons (Fsp3) is 0.429. The van der Waals surface area contributed by atoms with E-state index < -0.39 is 0 Å². The number of rotatable bonds is 5. The molecule has 0 aromatic carbocycles. The summed E-state index contributed by atoms with van der Waals surface area (Å²) in [7, 11) is 0. The van der Waals surface area contributed by atoms with E-state index in [1.807, 2.05) is 12.1 Å². The summed E-state index contributed by atoms with van der Waals surface area (Å²) in [4.78, 5) is 0. The Bertz CT molecular complexity index is 509. The molecule has 4 heteroatoms. The van der Waals surface area contributed by atoms with Crippen LogP contribution in [0.5, 0.6) is 0 Å². The van der Waals surface area contributed by atoms with Crippen LogP contribution < -0.4 is 5.32 Å². The molecule has 0 bridgehead atoms. The molecule has 2 unspecified atom stereocenters. The second kappa shape index (κ2) is 4.90. The summed E-state index contributed by atoms with van der Waals surface area (Å²) in [6.07, 6.45) is 2.94. The summed E-state index contributed by atoms with van der Waals surface area (Å²) in [5, 5.41) is 11.2. The Morgan fingerprint density at radius 3 is 2.94 bits per heavy atom. The van der Waals surface area contributed by atoms with Crippen LogP contribution in [0.4, 0.5) is 0 Å². The lowest BCUT2D eigenvalue weighted by molar-refractivity contribution is 0.443. The number of hydrogen-bond acceptors (Lipinski definition) is 4. The minimum absolute atomic E-state index is 0.652. The van der Waals surface area contributed by atoms with Crippen molar-refractivity contribution < 1.29 is 4.42 Å². The summed E-state index contributed by atoms with van der Waals surface area (Å²) in [6.45, 7) is 3.71. The molecule has 1 saturated carbocycles. The van der Waals surface area contributed by atoms with E-state index in [0.29, 0.717) is 12.5 Å². The lowest BCUT2D eigenvalue weighted by atomic mass is 10.3. The maximum absolute atomic E-state index is 5.82. The third kappa shape index (κ3) is 2.59. The highest BCUT2D eigenvalue weighted by molar-refractivity contribution is 5.17. The molecular formula is C14H17N3O. The third-order valence-electron chi connectivity index (χ3n) is 3.39. The van der Waals surface area contributed by atoms with E-state index in [1.54, 1.807) is 6.20 Å². The zero-order valence-corrected chi connectivity index (χ0v) is 10.5. The Morgan fingerprint density at radius 2 is 2.22 bits per heavy atom. The summed E-state index contributed by atoms with van der Waals surface area (Å²) in [5.74, 6) is 3.57. The first-order chi connectivity index (χ1) is 8.83. The summed E-state index contributed by atoms with van der Waals surface area (Å²) in [5.41, 5.74) is 0.945. The molecule has 0 spiro atoms.